The molecule has 0 aliphatic rings. The van der Waals surface area contributed by atoms with Gasteiger partial charge in [0.2, 0.25) is 11.5 Å². The zero-order valence-electron chi connectivity index (χ0n) is 10.2. The third-order valence-corrected chi connectivity index (χ3v) is 4.36. The largest absolute Gasteiger partial charge is 0.504 e. The molecule has 0 amide bonds. The van der Waals surface area contributed by atoms with Crippen LogP contribution in [0.25, 0.3) is 20.2 Å². The van der Waals surface area contributed by atoms with Gasteiger partial charge in [-0.05, 0) is 12.1 Å². The first-order chi connectivity index (χ1) is 9.84. The second-order valence-electron chi connectivity index (χ2n) is 4.34. The van der Waals surface area contributed by atoms with E-state index in [0.29, 0.717) is 11.3 Å². The predicted molar refractivity (Wildman–Crippen MR) is 75.6 cm³/mol. The molecule has 0 atom stereocenters. The smallest absolute Gasteiger partial charge is 0.205 e. The normalized spacial score (nSPS) is 11.2. The van der Waals surface area contributed by atoms with Crippen LogP contribution in [0.3, 0.4) is 0 Å². The molecule has 6 N–H and O–H groups in total. The molecule has 2 aromatic carbocycles. The third-order valence-electron chi connectivity index (χ3n) is 3.14. The summed E-state index contributed by atoms with van der Waals surface area (Å²) < 4.78 is -0.242. The van der Waals surface area contributed by atoms with Crippen molar-refractivity contribution < 1.29 is 30.6 Å². The minimum absolute atomic E-state index is 0.0115. The second kappa shape index (κ2) is 4.06. The zero-order chi connectivity index (χ0) is 15.5. The number of benzene rings is 2. The quantitative estimate of drug-likeness (QED) is 0.211. The van der Waals surface area contributed by atoms with E-state index in [2.05, 4.69) is 0 Å². The average Bonchev–Trinajstić information content (AvgIpc) is 2.46. The molecule has 1 aromatic heterocycles. The molecule has 0 aliphatic carbocycles. The summed E-state index contributed by atoms with van der Waals surface area (Å²) in [6.07, 6.45) is 0. The van der Waals surface area contributed by atoms with Crippen LogP contribution in [0.15, 0.2) is 16.9 Å². The molecule has 0 fully saturated rings. The monoisotopic (exact) mass is 308 g/mol. The first-order valence-corrected chi connectivity index (χ1v) is 6.43. The second-order valence-corrected chi connectivity index (χ2v) is 5.36. The Morgan fingerprint density at radius 1 is 0.714 bits per heavy atom. The number of phenols is 6. The van der Waals surface area contributed by atoms with Crippen molar-refractivity contribution in [1.29, 1.82) is 0 Å². The highest BCUT2D eigenvalue weighted by molar-refractivity contribution is 7.25. The Labute approximate surface area is 119 Å². The summed E-state index contributed by atoms with van der Waals surface area (Å²) in [4.78, 5) is 12.3. The fraction of sp³-hybridized carbons (Fsp3) is 0. The van der Waals surface area contributed by atoms with Crippen LogP contribution in [-0.2, 0) is 0 Å². The molecule has 8 heteroatoms. The van der Waals surface area contributed by atoms with E-state index in [0.717, 1.165) is 6.07 Å². The zero-order valence-corrected chi connectivity index (χ0v) is 11.0. The van der Waals surface area contributed by atoms with Gasteiger partial charge in [0.1, 0.15) is 0 Å². The van der Waals surface area contributed by atoms with Gasteiger partial charge in [0.15, 0.2) is 28.4 Å². The summed E-state index contributed by atoms with van der Waals surface area (Å²) in [6, 6.07) is 2.35. The number of hydrogen-bond acceptors (Lipinski definition) is 8. The number of rotatable bonds is 0. The minimum atomic E-state index is -1.01. The number of aromatic hydroxyl groups is 6. The van der Waals surface area contributed by atoms with Gasteiger partial charge in [0, 0.05) is 5.39 Å². The van der Waals surface area contributed by atoms with Crippen molar-refractivity contribution in [2.24, 2.45) is 0 Å². The van der Waals surface area contributed by atoms with Gasteiger partial charge in [-0.15, -0.1) is 11.3 Å². The van der Waals surface area contributed by atoms with Gasteiger partial charge in [0.05, 0.1) is 14.8 Å². The maximum Gasteiger partial charge on any atom is 0.205 e. The van der Waals surface area contributed by atoms with E-state index in [1.54, 1.807) is 0 Å². The Balaban J connectivity index is 2.71. The Morgan fingerprint density at radius 2 is 1.33 bits per heavy atom. The molecule has 3 aromatic rings. The lowest BCUT2D eigenvalue weighted by Gasteiger charge is -2.09. The molecular formula is C13H8O7S. The van der Waals surface area contributed by atoms with E-state index in [4.69, 9.17) is 0 Å². The molecule has 0 bridgehead atoms. The average molecular weight is 308 g/mol. The summed E-state index contributed by atoms with van der Waals surface area (Å²) in [6.45, 7) is 0. The van der Waals surface area contributed by atoms with E-state index in [1.807, 2.05) is 0 Å². The molecule has 3 rings (SSSR count). The highest BCUT2D eigenvalue weighted by atomic mass is 32.1. The molecular weight excluding hydrogens is 300 g/mol. The van der Waals surface area contributed by atoms with Crippen molar-refractivity contribution in [3.63, 3.8) is 0 Å². The van der Waals surface area contributed by atoms with Gasteiger partial charge in [-0.3, -0.25) is 4.79 Å². The predicted octanol–water partition coefficient (Wildman–Crippen LogP) is 1.65. The van der Waals surface area contributed by atoms with E-state index >= 15 is 0 Å². The van der Waals surface area contributed by atoms with Crippen LogP contribution in [0.4, 0.5) is 0 Å². The fourth-order valence-electron chi connectivity index (χ4n) is 2.07. The van der Waals surface area contributed by atoms with Crippen LogP contribution in [0.1, 0.15) is 0 Å². The third kappa shape index (κ3) is 1.56. The fourth-order valence-corrected chi connectivity index (χ4v) is 3.23. The standard InChI is InChI=1S/C13H8O7S/c14-4-2-1-3-6(15)5-8(17)9(18)10(19)11(20)13(5)21-12(3)7(4)16/h1-2,14,16-20H. The van der Waals surface area contributed by atoms with Gasteiger partial charge in [-0.1, -0.05) is 0 Å². The first kappa shape index (κ1) is 13.1. The van der Waals surface area contributed by atoms with Crippen LogP contribution in [0.5, 0.6) is 34.5 Å². The topological polar surface area (TPSA) is 138 Å². The first-order valence-electron chi connectivity index (χ1n) is 5.61. The van der Waals surface area contributed by atoms with Crippen LogP contribution >= 0.6 is 11.3 Å². The number of hydrogen-bond donors (Lipinski definition) is 6. The lowest BCUT2D eigenvalue weighted by Crippen LogP contribution is -2.01. The van der Waals surface area contributed by atoms with Gasteiger partial charge in [-0.2, -0.15) is 0 Å². The van der Waals surface area contributed by atoms with Gasteiger partial charge in [-0.25, -0.2) is 0 Å². The Morgan fingerprint density at radius 3 is 2.00 bits per heavy atom. The molecule has 0 spiro atoms. The van der Waals surface area contributed by atoms with Gasteiger partial charge < -0.3 is 30.6 Å². The molecule has 1 heterocycles. The van der Waals surface area contributed by atoms with Crippen molar-refractivity contribution in [3.8, 4) is 34.5 Å². The molecule has 7 nitrogen and oxygen atoms in total. The Hall–Kier alpha value is -2.87. The summed E-state index contributed by atoms with van der Waals surface area (Å²) in [5.74, 6) is -4.66. The van der Waals surface area contributed by atoms with Crippen LogP contribution in [-0.4, -0.2) is 30.6 Å². The van der Waals surface area contributed by atoms with Crippen LogP contribution in [0.2, 0.25) is 0 Å². The molecule has 21 heavy (non-hydrogen) atoms. The van der Waals surface area contributed by atoms with E-state index in [-0.39, 0.29) is 20.2 Å². The number of fused-ring (bicyclic) bond motifs is 2. The van der Waals surface area contributed by atoms with Crippen LogP contribution < -0.4 is 5.43 Å². The summed E-state index contributed by atoms with van der Waals surface area (Å²) >= 11 is 0.679. The van der Waals surface area contributed by atoms with Crippen molar-refractivity contribution >= 4 is 31.5 Å². The molecule has 0 saturated heterocycles. The molecule has 0 aliphatic heterocycles. The lowest BCUT2D eigenvalue weighted by molar-refractivity contribution is 0.351. The Bertz CT molecular complexity index is 974. The van der Waals surface area contributed by atoms with Crippen LogP contribution in [0, 0.1) is 0 Å². The van der Waals surface area contributed by atoms with Gasteiger partial charge in [0.25, 0.3) is 0 Å². The molecule has 0 radical (unpaired) electrons. The van der Waals surface area contributed by atoms with Crippen molar-refractivity contribution in [1.82, 2.24) is 0 Å². The Kier molecular flexibility index (Phi) is 2.54. The maximum absolute atomic E-state index is 12.3. The summed E-state index contributed by atoms with van der Waals surface area (Å²) in [5.41, 5.74) is -0.767. The highest BCUT2D eigenvalue weighted by Gasteiger charge is 2.23. The maximum atomic E-state index is 12.3. The number of phenolic OH excluding ortho intramolecular Hbond substituents is 6. The van der Waals surface area contributed by atoms with E-state index < -0.39 is 39.9 Å². The SMILES string of the molecule is O=c1c2ccc(O)c(O)c2sc2c(O)c(O)c(O)c(O)c12. The molecule has 0 unspecified atom stereocenters. The lowest BCUT2D eigenvalue weighted by atomic mass is 10.1. The van der Waals surface area contributed by atoms with Crippen molar-refractivity contribution in [2.45, 2.75) is 0 Å². The summed E-state index contributed by atoms with van der Waals surface area (Å²) in [5, 5.41) is 57.5. The van der Waals surface area contributed by atoms with E-state index in [9.17, 15) is 35.4 Å². The summed E-state index contributed by atoms with van der Waals surface area (Å²) in [7, 11) is 0. The molecule has 108 valence electrons. The van der Waals surface area contributed by atoms with Crippen molar-refractivity contribution in [3.05, 3.63) is 22.4 Å². The highest BCUT2D eigenvalue weighted by Crippen LogP contribution is 2.50. The van der Waals surface area contributed by atoms with Gasteiger partial charge >= 0.3 is 0 Å². The minimum Gasteiger partial charge on any atom is -0.504 e. The van der Waals surface area contributed by atoms with Crippen molar-refractivity contribution in [2.75, 3.05) is 0 Å². The van der Waals surface area contributed by atoms with E-state index in [1.165, 1.54) is 6.07 Å². The molecule has 0 saturated carbocycles.